The largest absolute Gasteiger partial charge is 0.507 e. The number of benzene rings is 2. The molecule has 1 aliphatic rings. The molecule has 0 saturated carbocycles. The molecular weight excluding hydrogens is 273 g/mol. The number of para-hydroxylation sites is 1. The number of ether oxygens (including phenoxy) is 1. The van der Waals surface area contributed by atoms with E-state index in [9.17, 15) is 14.3 Å². The van der Waals surface area contributed by atoms with E-state index in [0.717, 1.165) is 17.4 Å². The molecule has 108 valence electrons. The van der Waals surface area contributed by atoms with E-state index in [1.54, 1.807) is 0 Å². The third kappa shape index (κ3) is 2.67. The minimum absolute atomic E-state index is 0.180. The lowest BCUT2D eigenvalue weighted by Crippen LogP contribution is -2.34. The Morgan fingerprint density at radius 2 is 2.10 bits per heavy atom. The average molecular weight is 287 g/mol. The molecule has 1 heterocycles. The second kappa shape index (κ2) is 5.44. The fourth-order valence-electron chi connectivity index (χ4n) is 2.40. The highest BCUT2D eigenvalue weighted by Gasteiger charge is 2.24. The van der Waals surface area contributed by atoms with Crippen LogP contribution in [-0.2, 0) is 6.42 Å². The van der Waals surface area contributed by atoms with E-state index < -0.39 is 11.7 Å². The van der Waals surface area contributed by atoms with Crippen molar-refractivity contribution in [1.29, 1.82) is 0 Å². The van der Waals surface area contributed by atoms with Crippen molar-refractivity contribution in [3.05, 3.63) is 59.4 Å². The van der Waals surface area contributed by atoms with Gasteiger partial charge in [0.2, 0.25) is 0 Å². The number of nitrogens with one attached hydrogen (secondary N) is 1. The molecule has 0 bridgehead atoms. The van der Waals surface area contributed by atoms with Gasteiger partial charge in [0.15, 0.2) is 0 Å². The van der Waals surface area contributed by atoms with E-state index in [1.165, 1.54) is 12.1 Å². The standard InChI is InChI=1S/C16H14FNO3/c17-12-5-3-6-13(19)15(12)16(20)18-9-11-8-10-4-1-2-7-14(10)21-11/h1-7,11,19H,8-9H2,(H,18,20). The van der Waals surface area contributed by atoms with Crippen molar-refractivity contribution in [2.75, 3.05) is 6.54 Å². The molecule has 0 radical (unpaired) electrons. The van der Waals surface area contributed by atoms with Gasteiger partial charge in [-0.05, 0) is 23.8 Å². The number of amides is 1. The van der Waals surface area contributed by atoms with Gasteiger partial charge in [0, 0.05) is 6.42 Å². The topological polar surface area (TPSA) is 58.6 Å². The highest BCUT2D eigenvalue weighted by Crippen LogP contribution is 2.28. The zero-order valence-electron chi connectivity index (χ0n) is 11.2. The summed E-state index contributed by atoms with van der Waals surface area (Å²) in [6.45, 7) is 0.251. The number of aromatic hydroxyl groups is 1. The third-order valence-corrected chi connectivity index (χ3v) is 3.42. The second-order valence-electron chi connectivity index (χ2n) is 4.90. The van der Waals surface area contributed by atoms with Crippen LogP contribution in [0.1, 0.15) is 15.9 Å². The molecular formula is C16H14FNO3. The van der Waals surface area contributed by atoms with Crippen LogP contribution in [0.2, 0.25) is 0 Å². The summed E-state index contributed by atoms with van der Waals surface area (Å²) in [6.07, 6.45) is 0.514. The zero-order valence-corrected chi connectivity index (χ0v) is 11.2. The second-order valence-corrected chi connectivity index (χ2v) is 4.90. The molecule has 1 amide bonds. The van der Waals surface area contributed by atoms with E-state index >= 15 is 0 Å². The number of hydrogen-bond acceptors (Lipinski definition) is 3. The van der Waals surface area contributed by atoms with Gasteiger partial charge in [-0.15, -0.1) is 0 Å². The summed E-state index contributed by atoms with van der Waals surface area (Å²) in [5.74, 6) is -0.957. The lowest BCUT2D eigenvalue weighted by molar-refractivity contribution is 0.0926. The van der Waals surface area contributed by atoms with Crippen LogP contribution in [0.5, 0.6) is 11.5 Å². The van der Waals surface area contributed by atoms with Gasteiger partial charge >= 0.3 is 0 Å². The van der Waals surface area contributed by atoms with E-state index in [2.05, 4.69) is 5.32 Å². The van der Waals surface area contributed by atoms with Crippen molar-refractivity contribution in [3.63, 3.8) is 0 Å². The average Bonchev–Trinajstić information content (AvgIpc) is 2.87. The van der Waals surface area contributed by atoms with Crippen molar-refractivity contribution in [2.24, 2.45) is 0 Å². The maximum absolute atomic E-state index is 13.6. The molecule has 2 aromatic rings. The monoisotopic (exact) mass is 287 g/mol. The summed E-state index contributed by atoms with van der Waals surface area (Å²) in [7, 11) is 0. The SMILES string of the molecule is O=C(NCC1Cc2ccccc2O1)c1c(O)cccc1F. The summed E-state index contributed by atoms with van der Waals surface area (Å²) in [5, 5.41) is 12.2. The van der Waals surface area contributed by atoms with Crippen molar-refractivity contribution in [3.8, 4) is 11.5 Å². The maximum atomic E-state index is 13.6. The summed E-state index contributed by atoms with van der Waals surface area (Å²) in [5.41, 5.74) is 0.749. The minimum Gasteiger partial charge on any atom is -0.507 e. The molecule has 0 fully saturated rings. The first-order chi connectivity index (χ1) is 10.1. The Bertz CT molecular complexity index is 642. The normalized spacial score (nSPS) is 16.1. The molecule has 5 heteroatoms. The minimum atomic E-state index is -0.747. The Labute approximate surface area is 121 Å². The number of phenolic OH excluding ortho intramolecular Hbond substituents is 1. The van der Waals surface area contributed by atoms with Crippen LogP contribution in [0.25, 0.3) is 0 Å². The molecule has 0 aliphatic carbocycles. The van der Waals surface area contributed by atoms with Crippen LogP contribution in [-0.4, -0.2) is 23.7 Å². The van der Waals surface area contributed by atoms with Crippen LogP contribution in [0, 0.1) is 5.82 Å². The summed E-state index contributed by atoms with van der Waals surface area (Å²) >= 11 is 0. The molecule has 4 nitrogen and oxygen atoms in total. The van der Waals surface area contributed by atoms with E-state index in [-0.39, 0.29) is 24.0 Å². The van der Waals surface area contributed by atoms with Gasteiger partial charge in [0.1, 0.15) is 29.0 Å². The van der Waals surface area contributed by atoms with Crippen molar-refractivity contribution >= 4 is 5.91 Å². The van der Waals surface area contributed by atoms with Crippen molar-refractivity contribution < 1.29 is 19.0 Å². The molecule has 1 atom stereocenters. The molecule has 1 aliphatic heterocycles. The number of halogens is 1. The smallest absolute Gasteiger partial charge is 0.258 e. The van der Waals surface area contributed by atoms with Crippen LogP contribution in [0.4, 0.5) is 4.39 Å². The predicted molar refractivity (Wildman–Crippen MR) is 75.0 cm³/mol. The first-order valence-electron chi connectivity index (χ1n) is 6.65. The fraction of sp³-hybridized carbons (Fsp3) is 0.188. The van der Waals surface area contributed by atoms with E-state index in [1.807, 2.05) is 24.3 Å². The molecule has 0 saturated heterocycles. The summed E-state index contributed by atoms with van der Waals surface area (Å²) in [6, 6.07) is 11.4. The Morgan fingerprint density at radius 3 is 2.86 bits per heavy atom. The fourth-order valence-corrected chi connectivity index (χ4v) is 2.40. The molecule has 21 heavy (non-hydrogen) atoms. The van der Waals surface area contributed by atoms with Gasteiger partial charge in [0.25, 0.3) is 5.91 Å². The van der Waals surface area contributed by atoms with Crippen LogP contribution in [0.3, 0.4) is 0 Å². The number of phenols is 1. The zero-order chi connectivity index (χ0) is 14.8. The van der Waals surface area contributed by atoms with Crippen molar-refractivity contribution in [1.82, 2.24) is 5.32 Å². The third-order valence-electron chi connectivity index (χ3n) is 3.42. The Kier molecular flexibility index (Phi) is 3.48. The quantitative estimate of drug-likeness (QED) is 0.910. The summed E-state index contributed by atoms with van der Waals surface area (Å²) < 4.78 is 19.2. The number of carbonyl (C=O) groups excluding carboxylic acids is 1. The Morgan fingerprint density at radius 1 is 1.29 bits per heavy atom. The predicted octanol–water partition coefficient (Wildman–Crippen LogP) is 2.26. The van der Waals surface area contributed by atoms with Crippen LogP contribution < -0.4 is 10.1 Å². The van der Waals surface area contributed by atoms with Crippen LogP contribution >= 0.6 is 0 Å². The van der Waals surface area contributed by atoms with E-state index in [0.29, 0.717) is 6.42 Å². The number of hydrogen-bond donors (Lipinski definition) is 2. The number of rotatable bonds is 3. The molecule has 1 unspecified atom stereocenters. The molecule has 0 spiro atoms. The van der Waals surface area contributed by atoms with Gasteiger partial charge in [-0.2, -0.15) is 0 Å². The highest BCUT2D eigenvalue weighted by molar-refractivity contribution is 5.97. The molecule has 3 rings (SSSR count). The molecule has 2 aromatic carbocycles. The van der Waals surface area contributed by atoms with Gasteiger partial charge in [-0.25, -0.2) is 4.39 Å². The maximum Gasteiger partial charge on any atom is 0.258 e. The first kappa shape index (κ1) is 13.4. The Balaban J connectivity index is 1.63. The van der Waals surface area contributed by atoms with Gasteiger partial charge in [-0.1, -0.05) is 24.3 Å². The van der Waals surface area contributed by atoms with Crippen molar-refractivity contribution in [2.45, 2.75) is 12.5 Å². The number of fused-ring (bicyclic) bond motifs is 1. The lowest BCUT2D eigenvalue weighted by Gasteiger charge is -2.12. The summed E-state index contributed by atoms with van der Waals surface area (Å²) in [4.78, 5) is 11.9. The van der Waals surface area contributed by atoms with E-state index in [4.69, 9.17) is 4.74 Å². The molecule has 2 N–H and O–H groups in total. The van der Waals surface area contributed by atoms with Gasteiger partial charge in [0.05, 0.1) is 6.54 Å². The highest BCUT2D eigenvalue weighted by atomic mass is 19.1. The lowest BCUT2D eigenvalue weighted by atomic mass is 10.1. The molecule has 0 aromatic heterocycles. The Hall–Kier alpha value is -2.56. The van der Waals surface area contributed by atoms with Crippen LogP contribution in [0.15, 0.2) is 42.5 Å². The van der Waals surface area contributed by atoms with Gasteiger partial charge < -0.3 is 15.2 Å². The first-order valence-corrected chi connectivity index (χ1v) is 6.65. The van der Waals surface area contributed by atoms with Gasteiger partial charge in [-0.3, -0.25) is 4.79 Å². The number of carbonyl (C=O) groups is 1.